The van der Waals surface area contributed by atoms with Gasteiger partial charge in [0.05, 0.1) is 18.9 Å². The van der Waals surface area contributed by atoms with Gasteiger partial charge in [-0.3, -0.25) is 4.98 Å². The molecular formula is C15H16N2O3. The number of ether oxygens (including phenoxy) is 3. The van der Waals surface area contributed by atoms with Crippen LogP contribution in [0.3, 0.4) is 0 Å². The Bertz CT molecular complexity index is 584. The normalized spacial score (nSPS) is 12.7. The van der Waals surface area contributed by atoms with Crippen molar-refractivity contribution >= 4 is 0 Å². The fourth-order valence-electron chi connectivity index (χ4n) is 1.97. The lowest BCUT2D eigenvalue weighted by atomic mass is 10.2. The van der Waals surface area contributed by atoms with E-state index in [-0.39, 0.29) is 6.79 Å². The smallest absolute Gasteiger partial charge is 0.231 e. The number of hydrogen-bond donors (Lipinski definition) is 1. The van der Waals surface area contributed by atoms with Crippen LogP contribution in [0.15, 0.2) is 36.5 Å². The molecule has 3 rings (SSSR count). The second-order valence-electron chi connectivity index (χ2n) is 4.54. The summed E-state index contributed by atoms with van der Waals surface area (Å²) in [5, 5.41) is 0. The summed E-state index contributed by atoms with van der Waals surface area (Å²) in [6.07, 6.45) is 1.78. The Morgan fingerprint density at radius 2 is 1.90 bits per heavy atom. The highest BCUT2D eigenvalue weighted by Crippen LogP contribution is 2.32. The Kier molecular flexibility index (Phi) is 3.80. The number of benzene rings is 1. The second kappa shape index (κ2) is 5.90. The first-order valence-electron chi connectivity index (χ1n) is 6.45. The van der Waals surface area contributed by atoms with Crippen LogP contribution in [-0.4, -0.2) is 11.8 Å². The summed E-state index contributed by atoms with van der Waals surface area (Å²) in [6, 6.07) is 9.70. The molecule has 0 saturated carbocycles. The molecule has 5 nitrogen and oxygen atoms in total. The summed E-state index contributed by atoms with van der Waals surface area (Å²) in [5.41, 5.74) is 8.49. The van der Waals surface area contributed by atoms with Gasteiger partial charge in [0, 0.05) is 12.7 Å². The molecule has 0 saturated heterocycles. The zero-order valence-corrected chi connectivity index (χ0v) is 11.0. The van der Waals surface area contributed by atoms with Crippen molar-refractivity contribution in [3.05, 3.63) is 53.3 Å². The molecule has 2 aromatic rings. The molecule has 1 aromatic carbocycles. The molecule has 0 aliphatic carbocycles. The summed E-state index contributed by atoms with van der Waals surface area (Å²) >= 11 is 0. The van der Waals surface area contributed by atoms with Gasteiger partial charge in [0.25, 0.3) is 0 Å². The summed E-state index contributed by atoms with van der Waals surface area (Å²) in [5.74, 6) is 1.56. The lowest BCUT2D eigenvalue weighted by molar-refractivity contribution is 0.104. The SMILES string of the molecule is NCc1ccc(COCc2ccc3c(c2)OCO3)nc1. The van der Waals surface area contributed by atoms with Crippen LogP contribution in [0.1, 0.15) is 16.8 Å². The van der Waals surface area contributed by atoms with Crippen molar-refractivity contribution in [2.75, 3.05) is 6.79 Å². The molecule has 0 amide bonds. The first-order valence-corrected chi connectivity index (χ1v) is 6.45. The molecule has 2 N–H and O–H groups in total. The van der Waals surface area contributed by atoms with Crippen LogP contribution in [0.5, 0.6) is 11.5 Å². The monoisotopic (exact) mass is 272 g/mol. The van der Waals surface area contributed by atoms with Gasteiger partial charge in [0.15, 0.2) is 11.5 Å². The molecule has 1 aromatic heterocycles. The zero-order valence-electron chi connectivity index (χ0n) is 11.0. The van der Waals surface area contributed by atoms with Gasteiger partial charge in [0.1, 0.15) is 0 Å². The molecule has 104 valence electrons. The fourth-order valence-corrected chi connectivity index (χ4v) is 1.97. The minimum atomic E-state index is 0.289. The minimum absolute atomic E-state index is 0.289. The van der Waals surface area contributed by atoms with E-state index in [0.717, 1.165) is 28.3 Å². The quantitative estimate of drug-likeness (QED) is 0.901. The van der Waals surface area contributed by atoms with Crippen molar-refractivity contribution in [3.8, 4) is 11.5 Å². The molecule has 1 aliphatic rings. The molecule has 2 heterocycles. The average Bonchev–Trinajstić information content (AvgIpc) is 2.95. The summed E-state index contributed by atoms with van der Waals surface area (Å²) in [7, 11) is 0. The second-order valence-corrected chi connectivity index (χ2v) is 4.54. The molecule has 0 fully saturated rings. The lowest BCUT2D eigenvalue weighted by Gasteiger charge is -2.05. The van der Waals surface area contributed by atoms with E-state index >= 15 is 0 Å². The van der Waals surface area contributed by atoms with Crippen LogP contribution in [-0.2, 0) is 24.5 Å². The van der Waals surface area contributed by atoms with Crippen molar-refractivity contribution in [2.45, 2.75) is 19.8 Å². The molecule has 0 bridgehead atoms. The molecule has 0 radical (unpaired) electrons. The van der Waals surface area contributed by atoms with E-state index < -0.39 is 0 Å². The summed E-state index contributed by atoms with van der Waals surface area (Å²) < 4.78 is 16.2. The van der Waals surface area contributed by atoms with Crippen LogP contribution in [0.2, 0.25) is 0 Å². The standard InChI is InChI=1S/C15H16N2O3/c16-6-12-1-3-13(17-7-12)9-18-8-11-2-4-14-15(5-11)20-10-19-14/h1-5,7H,6,8-10,16H2. The number of nitrogens with zero attached hydrogens (tertiary/aromatic N) is 1. The maximum absolute atomic E-state index is 5.65. The molecular weight excluding hydrogens is 256 g/mol. The van der Waals surface area contributed by atoms with Crippen LogP contribution in [0.4, 0.5) is 0 Å². The first kappa shape index (κ1) is 12.9. The van der Waals surface area contributed by atoms with Crippen molar-refractivity contribution in [2.24, 2.45) is 5.73 Å². The predicted octanol–water partition coefficient (Wildman–Crippen LogP) is 1.99. The van der Waals surface area contributed by atoms with Gasteiger partial charge in [-0.1, -0.05) is 12.1 Å². The van der Waals surface area contributed by atoms with Crippen molar-refractivity contribution in [1.29, 1.82) is 0 Å². The molecule has 0 atom stereocenters. The molecule has 0 spiro atoms. The van der Waals surface area contributed by atoms with Gasteiger partial charge in [-0.05, 0) is 29.3 Å². The predicted molar refractivity (Wildman–Crippen MR) is 73.2 cm³/mol. The Hall–Kier alpha value is -2.11. The van der Waals surface area contributed by atoms with Crippen LogP contribution >= 0.6 is 0 Å². The maximum Gasteiger partial charge on any atom is 0.231 e. The average molecular weight is 272 g/mol. The number of rotatable bonds is 5. The van der Waals surface area contributed by atoms with Gasteiger partial charge < -0.3 is 19.9 Å². The summed E-state index contributed by atoms with van der Waals surface area (Å²) in [6.45, 7) is 1.78. The van der Waals surface area contributed by atoms with Gasteiger partial charge in [-0.15, -0.1) is 0 Å². The largest absolute Gasteiger partial charge is 0.454 e. The van der Waals surface area contributed by atoms with Crippen molar-refractivity contribution in [1.82, 2.24) is 4.98 Å². The molecule has 1 aliphatic heterocycles. The Labute approximate surface area is 117 Å². The zero-order chi connectivity index (χ0) is 13.8. The van der Waals surface area contributed by atoms with E-state index in [1.54, 1.807) is 6.20 Å². The van der Waals surface area contributed by atoms with E-state index in [9.17, 15) is 0 Å². The number of pyridine rings is 1. The van der Waals surface area contributed by atoms with Gasteiger partial charge in [-0.2, -0.15) is 0 Å². The number of nitrogens with two attached hydrogens (primary N) is 1. The Morgan fingerprint density at radius 3 is 2.70 bits per heavy atom. The number of fused-ring (bicyclic) bond motifs is 1. The van der Waals surface area contributed by atoms with E-state index in [2.05, 4.69) is 4.98 Å². The maximum atomic E-state index is 5.65. The minimum Gasteiger partial charge on any atom is -0.454 e. The van der Waals surface area contributed by atoms with Crippen molar-refractivity contribution < 1.29 is 14.2 Å². The summed E-state index contributed by atoms with van der Waals surface area (Å²) in [4.78, 5) is 4.29. The molecule has 20 heavy (non-hydrogen) atoms. The molecule has 0 unspecified atom stereocenters. The third kappa shape index (κ3) is 2.89. The fraction of sp³-hybridized carbons (Fsp3) is 0.267. The van der Waals surface area contributed by atoms with E-state index in [1.165, 1.54) is 0 Å². The number of aromatic nitrogens is 1. The number of hydrogen-bond acceptors (Lipinski definition) is 5. The Morgan fingerprint density at radius 1 is 1.05 bits per heavy atom. The van der Waals surface area contributed by atoms with Crippen LogP contribution in [0.25, 0.3) is 0 Å². The van der Waals surface area contributed by atoms with Gasteiger partial charge >= 0.3 is 0 Å². The third-order valence-electron chi connectivity index (χ3n) is 3.08. The van der Waals surface area contributed by atoms with Crippen LogP contribution in [0, 0.1) is 0 Å². The van der Waals surface area contributed by atoms with E-state index in [0.29, 0.717) is 19.8 Å². The lowest BCUT2D eigenvalue weighted by Crippen LogP contribution is -2.00. The topological polar surface area (TPSA) is 66.6 Å². The van der Waals surface area contributed by atoms with E-state index in [1.807, 2.05) is 30.3 Å². The van der Waals surface area contributed by atoms with Crippen molar-refractivity contribution in [3.63, 3.8) is 0 Å². The highest BCUT2D eigenvalue weighted by Gasteiger charge is 2.12. The molecule has 5 heteroatoms. The van der Waals surface area contributed by atoms with Gasteiger partial charge in [-0.25, -0.2) is 0 Å². The third-order valence-corrected chi connectivity index (χ3v) is 3.08. The van der Waals surface area contributed by atoms with E-state index in [4.69, 9.17) is 19.9 Å². The Balaban J connectivity index is 1.54. The highest BCUT2D eigenvalue weighted by molar-refractivity contribution is 5.44. The highest BCUT2D eigenvalue weighted by atomic mass is 16.7. The first-order chi connectivity index (χ1) is 9.85. The van der Waals surface area contributed by atoms with Gasteiger partial charge in [0.2, 0.25) is 6.79 Å². The van der Waals surface area contributed by atoms with Crippen LogP contribution < -0.4 is 15.2 Å².